The minimum absolute atomic E-state index is 0.520. The van der Waals surface area contributed by atoms with Crippen molar-refractivity contribution >= 4 is 26.7 Å². The minimum Gasteiger partial charge on any atom is -0.489 e. The number of hydrogen-bond donors (Lipinski definition) is 0. The lowest BCUT2D eigenvalue weighted by molar-refractivity contribution is 0.360. The van der Waals surface area contributed by atoms with E-state index in [1.165, 1.54) is 16.3 Å². The van der Waals surface area contributed by atoms with Gasteiger partial charge in [-0.1, -0.05) is 46.8 Å². The third-order valence-electron chi connectivity index (χ3n) is 2.76. The minimum atomic E-state index is 0.520. The number of ether oxygens (including phenoxy) is 1. The molecule has 0 N–H and O–H groups in total. The molecule has 92 valence electrons. The number of rotatable bonds is 5. The lowest BCUT2D eigenvalue weighted by atomic mass is 10.0. The molecule has 1 nitrogen and oxygen atoms in total. The van der Waals surface area contributed by atoms with E-state index in [4.69, 9.17) is 4.74 Å². The van der Waals surface area contributed by atoms with E-state index < -0.39 is 0 Å². The monoisotopic (exact) mass is 302 g/mol. The van der Waals surface area contributed by atoms with Crippen LogP contribution in [0.25, 0.3) is 10.8 Å². The van der Waals surface area contributed by atoms with Gasteiger partial charge in [0, 0.05) is 10.0 Å². The quantitative estimate of drug-likeness (QED) is 0.714. The number of benzene rings is 2. The molecule has 0 radical (unpaired) electrons. The molecule has 2 rings (SSSR count). The Hall–Kier alpha value is -1.54. The summed E-state index contributed by atoms with van der Waals surface area (Å²) < 4.78 is 6.78. The molecular formula is C16H15BrO. The molecular weight excluding hydrogens is 288 g/mol. The first kappa shape index (κ1) is 12.9. The highest BCUT2D eigenvalue weighted by Crippen LogP contribution is 2.30. The Morgan fingerprint density at radius 2 is 1.94 bits per heavy atom. The van der Waals surface area contributed by atoms with Crippen molar-refractivity contribution in [1.82, 2.24) is 0 Å². The van der Waals surface area contributed by atoms with Crippen LogP contribution >= 0.6 is 15.9 Å². The highest BCUT2D eigenvalue weighted by atomic mass is 79.9. The molecule has 0 aromatic heterocycles. The van der Waals surface area contributed by atoms with Crippen molar-refractivity contribution < 1.29 is 4.74 Å². The first-order chi connectivity index (χ1) is 8.76. The van der Waals surface area contributed by atoms with Crippen LogP contribution < -0.4 is 4.74 Å². The standard InChI is InChI=1S/C16H15BrO/c1-3-5-15-14-8-7-13(17)11-12(14)6-9-16(15)18-10-4-2/h3-4,6-9,11H,1-2,5,10H2. The molecule has 0 atom stereocenters. The van der Waals surface area contributed by atoms with Crippen LogP contribution in [-0.2, 0) is 6.42 Å². The van der Waals surface area contributed by atoms with Crippen molar-refractivity contribution in [3.8, 4) is 5.75 Å². The smallest absolute Gasteiger partial charge is 0.123 e. The lowest BCUT2D eigenvalue weighted by Crippen LogP contribution is -1.97. The van der Waals surface area contributed by atoms with Gasteiger partial charge in [0.1, 0.15) is 12.4 Å². The normalized spacial score (nSPS) is 10.3. The zero-order valence-electron chi connectivity index (χ0n) is 10.2. The molecule has 0 aliphatic heterocycles. The fourth-order valence-electron chi connectivity index (χ4n) is 1.98. The second kappa shape index (κ2) is 5.87. The van der Waals surface area contributed by atoms with Gasteiger partial charge in [-0.2, -0.15) is 0 Å². The average molecular weight is 303 g/mol. The zero-order chi connectivity index (χ0) is 13.0. The van der Waals surface area contributed by atoms with Gasteiger partial charge in [0.2, 0.25) is 0 Å². The van der Waals surface area contributed by atoms with Gasteiger partial charge in [-0.15, -0.1) is 6.58 Å². The van der Waals surface area contributed by atoms with Crippen LogP contribution in [-0.4, -0.2) is 6.61 Å². The lowest BCUT2D eigenvalue weighted by Gasteiger charge is -2.12. The molecule has 18 heavy (non-hydrogen) atoms. The first-order valence-electron chi connectivity index (χ1n) is 5.82. The molecule has 0 fully saturated rings. The summed E-state index contributed by atoms with van der Waals surface area (Å²) in [6.45, 7) is 8.01. The topological polar surface area (TPSA) is 9.23 Å². The van der Waals surface area contributed by atoms with Crippen molar-refractivity contribution in [2.24, 2.45) is 0 Å². The molecule has 0 heterocycles. The summed E-state index contributed by atoms with van der Waals surface area (Å²) in [6, 6.07) is 10.4. The fourth-order valence-corrected chi connectivity index (χ4v) is 2.36. The second-order valence-corrected chi connectivity index (χ2v) is 4.92. The van der Waals surface area contributed by atoms with Gasteiger partial charge in [-0.25, -0.2) is 0 Å². The van der Waals surface area contributed by atoms with E-state index in [1.807, 2.05) is 18.2 Å². The Morgan fingerprint density at radius 3 is 2.67 bits per heavy atom. The predicted molar refractivity (Wildman–Crippen MR) is 81.2 cm³/mol. The van der Waals surface area contributed by atoms with Crippen molar-refractivity contribution in [2.75, 3.05) is 6.61 Å². The molecule has 0 saturated carbocycles. The molecule has 2 aromatic carbocycles. The molecule has 2 heteroatoms. The maximum atomic E-state index is 5.70. The van der Waals surface area contributed by atoms with Crippen molar-refractivity contribution in [2.45, 2.75) is 6.42 Å². The Kier molecular flexibility index (Phi) is 4.21. The first-order valence-corrected chi connectivity index (χ1v) is 6.61. The highest BCUT2D eigenvalue weighted by Gasteiger charge is 2.07. The summed E-state index contributed by atoms with van der Waals surface area (Å²) in [5.74, 6) is 0.907. The molecule has 0 unspecified atom stereocenters. The van der Waals surface area contributed by atoms with Crippen molar-refractivity contribution in [3.05, 3.63) is 65.7 Å². The second-order valence-electron chi connectivity index (χ2n) is 4.00. The van der Waals surface area contributed by atoms with E-state index >= 15 is 0 Å². The van der Waals surface area contributed by atoms with E-state index in [2.05, 4.69) is 47.3 Å². The fraction of sp³-hybridized carbons (Fsp3) is 0.125. The molecule has 2 aromatic rings. The summed E-state index contributed by atoms with van der Waals surface area (Å²) in [5.41, 5.74) is 1.18. The highest BCUT2D eigenvalue weighted by molar-refractivity contribution is 9.10. The summed E-state index contributed by atoms with van der Waals surface area (Å²) in [7, 11) is 0. The van der Waals surface area contributed by atoms with Crippen LogP contribution in [0, 0.1) is 0 Å². The van der Waals surface area contributed by atoms with Crippen LogP contribution in [0.15, 0.2) is 60.1 Å². The van der Waals surface area contributed by atoms with E-state index in [0.717, 1.165) is 16.6 Å². The summed E-state index contributed by atoms with van der Waals surface area (Å²) >= 11 is 3.49. The molecule has 0 aliphatic carbocycles. The zero-order valence-corrected chi connectivity index (χ0v) is 11.7. The van der Waals surface area contributed by atoms with Crippen molar-refractivity contribution in [1.29, 1.82) is 0 Å². The van der Waals surface area contributed by atoms with Gasteiger partial charge >= 0.3 is 0 Å². The van der Waals surface area contributed by atoms with E-state index in [0.29, 0.717) is 6.61 Å². The van der Waals surface area contributed by atoms with Gasteiger partial charge < -0.3 is 4.74 Å². The van der Waals surface area contributed by atoms with Crippen LogP contribution in [0.1, 0.15) is 5.56 Å². The van der Waals surface area contributed by atoms with Gasteiger partial charge in [0.25, 0.3) is 0 Å². The van der Waals surface area contributed by atoms with Gasteiger partial charge in [-0.3, -0.25) is 0 Å². The average Bonchev–Trinajstić information content (AvgIpc) is 2.37. The SMILES string of the molecule is C=CCOc1ccc2cc(Br)ccc2c1CC=C. The molecule has 0 amide bonds. The number of fused-ring (bicyclic) bond motifs is 1. The van der Waals surface area contributed by atoms with E-state index in [-0.39, 0.29) is 0 Å². The molecule has 0 bridgehead atoms. The summed E-state index contributed by atoms with van der Waals surface area (Å²) in [5, 5.41) is 2.41. The van der Waals surface area contributed by atoms with Crippen LogP contribution in [0.3, 0.4) is 0 Å². The number of halogens is 1. The Labute approximate surface area is 116 Å². The molecule has 0 saturated heterocycles. The van der Waals surface area contributed by atoms with Gasteiger partial charge in [-0.05, 0) is 35.4 Å². The van der Waals surface area contributed by atoms with Crippen LogP contribution in [0.4, 0.5) is 0 Å². The summed E-state index contributed by atoms with van der Waals surface area (Å²) in [6.07, 6.45) is 4.45. The van der Waals surface area contributed by atoms with Gasteiger partial charge in [0.05, 0.1) is 0 Å². The predicted octanol–water partition coefficient (Wildman–Crippen LogP) is 4.90. The maximum Gasteiger partial charge on any atom is 0.123 e. The van der Waals surface area contributed by atoms with Crippen molar-refractivity contribution in [3.63, 3.8) is 0 Å². The third-order valence-corrected chi connectivity index (χ3v) is 3.25. The molecule has 0 aliphatic rings. The Morgan fingerprint density at radius 1 is 1.11 bits per heavy atom. The largest absolute Gasteiger partial charge is 0.489 e. The summed E-state index contributed by atoms with van der Waals surface area (Å²) in [4.78, 5) is 0. The molecule has 0 spiro atoms. The number of hydrogen-bond acceptors (Lipinski definition) is 1. The van der Waals surface area contributed by atoms with Gasteiger partial charge in [0.15, 0.2) is 0 Å². The van der Waals surface area contributed by atoms with Crippen LogP contribution in [0.5, 0.6) is 5.75 Å². The Balaban J connectivity index is 2.57. The van der Waals surface area contributed by atoms with Crippen LogP contribution in [0.2, 0.25) is 0 Å². The maximum absolute atomic E-state index is 5.70. The third kappa shape index (κ3) is 2.65. The Bertz CT molecular complexity index is 587. The number of allylic oxidation sites excluding steroid dienone is 1. The van der Waals surface area contributed by atoms with E-state index in [9.17, 15) is 0 Å². The van der Waals surface area contributed by atoms with E-state index in [1.54, 1.807) is 6.08 Å².